The van der Waals surface area contributed by atoms with Crippen molar-refractivity contribution < 1.29 is 19.4 Å². The second kappa shape index (κ2) is 11.5. The molecule has 2 aromatic carbocycles. The molecule has 0 fully saturated rings. The fraction of sp³-hybridized carbons (Fsp3) is 0.346. The summed E-state index contributed by atoms with van der Waals surface area (Å²) in [6.45, 7) is 6.09. The molecular formula is C26H32N4O4. The zero-order valence-electron chi connectivity index (χ0n) is 19.8. The molecule has 0 aliphatic rings. The largest absolute Gasteiger partial charge is 0.444 e. The Morgan fingerprint density at radius 3 is 2.41 bits per heavy atom. The van der Waals surface area contributed by atoms with Crippen molar-refractivity contribution in [1.82, 2.24) is 14.7 Å². The molecule has 0 bridgehead atoms. The zero-order chi connectivity index (χ0) is 24.6. The SMILES string of the molecule is CC(C)(C)OC(=O)N(CCc1ccc(NC(=O)Cn2cccn2)cc1)C[C@H](O)c1ccccc1. The van der Waals surface area contributed by atoms with E-state index < -0.39 is 17.8 Å². The smallest absolute Gasteiger partial charge is 0.410 e. The van der Waals surface area contributed by atoms with Crippen LogP contribution in [0.15, 0.2) is 73.1 Å². The lowest BCUT2D eigenvalue weighted by Crippen LogP contribution is -2.40. The lowest BCUT2D eigenvalue weighted by atomic mass is 10.1. The first-order chi connectivity index (χ1) is 16.2. The summed E-state index contributed by atoms with van der Waals surface area (Å²) in [5, 5.41) is 17.5. The van der Waals surface area contributed by atoms with Gasteiger partial charge < -0.3 is 20.1 Å². The van der Waals surface area contributed by atoms with Crippen LogP contribution < -0.4 is 5.32 Å². The van der Waals surface area contributed by atoms with Crippen LogP contribution in [-0.4, -0.2) is 50.5 Å². The van der Waals surface area contributed by atoms with E-state index in [0.29, 0.717) is 18.7 Å². The summed E-state index contributed by atoms with van der Waals surface area (Å²) in [4.78, 5) is 26.5. The number of anilines is 1. The number of benzene rings is 2. The average Bonchev–Trinajstić information content (AvgIpc) is 3.29. The van der Waals surface area contributed by atoms with Gasteiger partial charge in [0, 0.05) is 24.6 Å². The summed E-state index contributed by atoms with van der Waals surface area (Å²) in [5.41, 5.74) is 1.78. The molecule has 8 nitrogen and oxygen atoms in total. The first kappa shape index (κ1) is 25.0. The molecule has 180 valence electrons. The molecule has 0 radical (unpaired) electrons. The molecular weight excluding hydrogens is 432 g/mol. The fourth-order valence-corrected chi connectivity index (χ4v) is 3.33. The number of nitrogens with zero attached hydrogens (tertiary/aromatic N) is 3. The van der Waals surface area contributed by atoms with E-state index in [2.05, 4.69) is 10.4 Å². The third kappa shape index (κ3) is 8.04. The third-order valence-corrected chi connectivity index (χ3v) is 5.00. The Morgan fingerprint density at radius 1 is 1.09 bits per heavy atom. The molecule has 0 unspecified atom stereocenters. The molecule has 0 aliphatic carbocycles. The van der Waals surface area contributed by atoms with Gasteiger partial charge in [-0.3, -0.25) is 9.48 Å². The molecule has 1 atom stereocenters. The Hall–Kier alpha value is -3.65. The van der Waals surface area contributed by atoms with E-state index in [-0.39, 0.29) is 19.0 Å². The van der Waals surface area contributed by atoms with Gasteiger partial charge in [-0.05, 0) is 56.5 Å². The van der Waals surface area contributed by atoms with Crippen molar-refractivity contribution in [1.29, 1.82) is 0 Å². The minimum atomic E-state index is -0.818. The van der Waals surface area contributed by atoms with Crippen molar-refractivity contribution in [2.45, 2.75) is 45.4 Å². The molecule has 1 aromatic heterocycles. The van der Waals surface area contributed by atoms with Crippen LogP contribution in [0.1, 0.15) is 38.0 Å². The highest BCUT2D eigenvalue weighted by molar-refractivity contribution is 5.90. The Bertz CT molecular complexity index is 1040. The quantitative estimate of drug-likeness (QED) is 0.498. The Morgan fingerprint density at radius 2 is 1.79 bits per heavy atom. The van der Waals surface area contributed by atoms with E-state index in [0.717, 1.165) is 11.1 Å². The lowest BCUT2D eigenvalue weighted by molar-refractivity contribution is -0.116. The molecule has 8 heteroatoms. The monoisotopic (exact) mass is 464 g/mol. The van der Waals surface area contributed by atoms with Crippen LogP contribution >= 0.6 is 0 Å². The van der Waals surface area contributed by atoms with Gasteiger partial charge in [-0.15, -0.1) is 0 Å². The van der Waals surface area contributed by atoms with E-state index in [1.54, 1.807) is 23.1 Å². The molecule has 2 N–H and O–H groups in total. The number of amides is 2. The maximum absolute atomic E-state index is 12.8. The van der Waals surface area contributed by atoms with Gasteiger partial charge in [0.1, 0.15) is 12.1 Å². The van der Waals surface area contributed by atoms with Crippen molar-refractivity contribution in [3.63, 3.8) is 0 Å². The topological polar surface area (TPSA) is 96.7 Å². The predicted octanol–water partition coefficient (Wildman–Crippen LogP) is 4.04. The summed E-state index contributed by atoms with van der Waals surface area (Å²) >= 11 is 0. The normalized spacial score (nSPS) is 12.1. The average molecular weight is 465 g/mol. The minimum Gasteiger partial charge on any atom is -0.444 e. The van der Waals surface area contributed by atoms with Gasteiger partial charge >= 0.3 is 6.09 Å². The van der Waals surface area contributed by atoms with Crippen molar-refractivity contribution >= 4 is 17.7 Å². The van der Waals surface area contributed by atoms with Gasteiger partial charge in [-0.2, -0.15) is 5.10 Å². The van der Waals surface area contributed by atoms with Crippen LogP contribution in [0.4, 0.5) is 10.5 Å². The number of hydrogen-bond donors (Lipinski definition) is 2. The highest BCUT2D eigenvalue weighted by Gasteiger charge is 2.24. The Kier molecular flexibility index (Phi) is 8.43. The molecule has 0 saturated heterocycles. The van der Waals surface area contributed by atoms with Crippen molar-refractivity contribution in [3.8, 4) is 0 Å². The highest BCUT2D eigenvalue weighted by atomic mass is 16.6. The van der Waals surface area contributed by atoms with E-state index in [4.69, 9.17) is 4.74 Å². The van der Waals surface area contributed by atoms with E-state index in [1.807, 2.05) is 75.4 Å². The summed E-state index contributed by atoms with van der Waals surface area (Å²) in [6, 6.07) is 18.5. The van der Waals surface area contributed by atoms with Crippen LogP contribution in [0, 0.1) is 0 Å². The number of carbonyl (C=O) groups excluding carboxylic acids is 2. The number of carbonyl (C=O) groups is 2. The van der Waals surface area contributed by atoms with Crippen molar-refractivity contribution in [2.75, 3.05) is 18.4 Å². The van der Waals surface area contributed by atoms with Crippen LogP contribution in [0.2, 0.25) is 0 Å². The number of aliphatic hydroxyl groups is 1. The zero-order valence-corrected chi connectivity index (χ0v) is 19.8. The summed E-state index contributed by atoms with van der Waals surface area (Å²) < 4.78 is 7.11. The van der Waals surface area contributed by atoms with Crippen molar-refractivity contribution in [3.05, 3.63) is 84.2 Å². The van der Waals surface area contributed by atoms with Gasteiger partial charge in [0.2, 0.25) is 5.91 Å². The summed E-state index contributed by atoms with van der Waals surface area (Å²) in [5.74, 6) is -0.164. The molecule has 3 aromatic rings. The molecule has 0 saturated carbocycles. The van der Waals surface area contributed by atoms with Gasteiger partial charge in [-0.1, -0.05) is 42.5 Å². The molecule has 0 aliphatic heterocycles. The number of hydrogen-bond acceptors (Lipinski definition) is 5. The van der Waals surface area contributed by atoms with Crippen LogP contribution in [-0.2, 0) is 22.5 Å². The van der Waals surface area contributed by atoms with Crippen molar-refractivity contribution in [2.24, 2.45) is 0 Å². The van der Waals surface area contributed by atoms with Crippen LogP contribution in [0.5, 0.6) is 0 Å². The first-order valence-corrected chi connectivity index (χ1v) is 11.3. The standard InChI is InChI=1S/C26H32N4O4/c1-26(2,3)34-25(33)29(18-23(31)21-8-5-4-6-9-21)17-14-20-10-12-22(13-11-20)28-24(32)19-30-16-7-15-27-30/h4-13,15-16,23,31H,14,17-19H2,1-3H3,(H,28,32)/t23-/m0/s1. The first-order valence-electron chi connectivity index (χ1n) is 11.3. The highest BCUT2D eigenvalue weighted by Crippen LogP contribution is 2.18. The third-order valence-electron chi connectivity index (χ3n) is 5.00. The molecule has 2 amide bonds. The fourth-order valence-electron chi connectivity index (χ4n) is 3.33. The van der Waals surface area contributed by atoms with Gasteiger partial charge in [0.05, 0.1) is 12.6 Å². The van der Waals surface area contributed by atoms with E-state index >= 15 is 0 Å². The maximum atomic E-state index is 12.8. The molecule has 1 heterocycles. The van der Waals surface area contributed by atoms with Gasteiger partial charge in [0.25, 0.3) is 0 Å². The number of rotatable bonds is 9. The van der Waals surface area contributed by atoms with E-state index in [1.165, 1.54) is 4.90 Å². The Labute approximate surface area is 200 Å². The second-order valence-corrected chi connectivity index (χ2v) is 9.05. The number of ether oxygens (including phenoxy) is 1. The molecule has 0 spiro atoms. The van der Waals surface area contributed by atoms with Crippen LogP contribution in [0.3, 0.4) is 0 Å². The minimum absolute atomic E-state index is 0.125. The number of aliphatic hydroxyl groups excluding tert-OH is 1. The van der Waals surface area contributed by atoms with E-state index in [9.17, 15) is 14.7 Å². The molecule has 34 heavy (non-hydrogen) atoms. The Balaban J connectivity index is 1.59. The van der Waals surface area contributed by atoms with Gasteiger partial charge in [-0.25, -0.2) is 4.79 Å². The van der Waals surface area contributed by atoms with Crippen LogP contribution in [0.25, 0.3) is 0 Å². The lowest BCUT2D eigenvalue weighted by Gasteiger charge is -2.29. The maximum Gasteiger partial charge on any atom is 0.410 e. The second-order valence-electron chi connectivity index (χ2n) is 9.05. The van der Waals surface area contributed by atoms with Gasteiger partial charge in [0.15, 0.2) is 0 Å². The summed E-state index contributed by atoms with van der Waals surface area (Å²) in [7, 11) is 0. The summed E-state index contributed by atoms with van der Waals surface area (Å²) in [6.07, 6.45) is 2.64. The predicted molar refractivity (Wildman–Crippen MR) is 130 cm³/mol. The number of aromatic nitrogens is 2. The molecule has 3 rings (SSSR count). The number of nitrogens with one attached hydrogen (secondary N) is 1.